The van der Waals surface area contributed by atoms with Crippen LogP contribution < -0.4 is 5.32 Å². The van der Waals surface area contributed by atoms with Crippen molar-refractivity contribution in [2.24, 2.45) is 0 Å². The van der Waals surface area contributed by atoms with Gasteiger partial charge in [-0.1, -0.05) is 18.2 Å². The predicted molar refractivity (Wildman–Crippen MR) is 106 cm³/mol. The van der Waals surface area contributed by atoms with Crippen molar-refractivity contribution in [3.63, 3.8) is 0 Å². The fourth-order valence-corrected chi connectivity index (χ4v) is 3.43. The Labute approximate surface area is 169 Å². The molecule has 0 aliphatic carbocycles. The first-order valence-electron chi connectivity index (χ1n) is 9.85. The normalized spacial score (nSPS) is 17.4. The summed E-state index contributed by atoms with van der Waals surface area (Å²) in [6.07, 6.45) is 4.83. The molecule has 3 rings (SSSR count). The van der Waals surface area contributed by atoms with E-state index in [1.54, 1.807) is 53.9 Å². The number of aromatic nitrogens is 2. The molecule has 0 radical (unpaired) electrons. The lowest BCUT2D eigenvalue weighted by molar-refractivity contribution is -0.134. The highest BCUT2D eigenvalue weighted by atomic mass is 16.5. The summed E-state index contributed by atoms with van der Waals surface area (Å²) in [6.45, 7) is 4.87. The summed E-state index contributed by atoms with van der Waals surface area (Å²) < 4.78 is 6.72. The minimum absolute atomic E-state index is 0.0205. The average molecular weight is 398 g/mol. The summed E-state index contributed by atoms with van der Waals surface area (Å²) in [6, 6.07) is 8.17. The second kappa shape index (κ2) is 9.36. The Balaban J connectivity index is 1.60. The van der Waals surface area contributed by atoms with E-state index in [4.69, 9.17) is 4.74 Å². The molecule has 8 nitrogen and oxygen atoms in total. The van der Waals surface area contributed by atoms with E-state index in [1.807, 2.05) is 6.07 Å². The van der Waals surface area contributed by atoms with Crippen molar-refractivity contribution in [1.82, 2.24) is 20.0 Å². The minimum Gasteiger partial charge on any atom is -0.462 e. The maximum absolute atomic E-state index is 12.8. The first kappa shape index (κ1) is 20.6. The van der Waals surface area contributed by atoms with Crippen LogP contribution in [0.1, 0.15) is 53.4 Å². The molecule has 2 atom stereocenters. The standard InChI is InChI=1S/C21H26N4O4/c1-3-29-21(28)17-12-22-25(13-17)18-10-7-11-24(14-18)20(27)15(2)23-19(26)16-8-5-4-6-9-16/h4-6,8-9,12-13,15,18H,3,7,10-11,14H2,1-2H3,(H,23,26)/t15-,18+/m1/s1. The fourth-order valence-electron chi connectivity index (χ4n) is 3.43. The molecule has 0 bridgehead atoms. The van der Waals surface area contributed by atoms with Gasteiger partial charge in [-0.05, 0) is 38.8 Å². The molecule has 29 heavy (non-hydrogen) atoms. The van der Waals surface area contributed by atoms with Crippen LogP contribution in [0.3, 0.4) is 0 Å². The first-order valence-corrected chi connectivity index (χ1v) is 9.85. The number of carbonyl (C=O) groups is 3. The molecule has 154 valence electrons. The van der Waals surface area contributed by atoms with Crippen LogP contribution in [0.25, 0.3) is 0 Å². The first-order chi connectivity index (χ1) is 14.0. The third-order valence-electron chi connectivity index (χ3n) is 4.95. The number of amides is 2. The highest BCUT2D eigenvalue weighted by Gasteiger charge is 2.29. The van der Waals surface area contributed by atoms with Crippen LogP contribution in [0.2, 0.25) is 0 Å². The summed E-state index contributed by atoms with van der Waals surface area (Å²) in [7, 11) is 0. The van der Waals surface area contributed by atoms with Crippen molar-refractivity contribution < 1.29 is 19.1 Å². The quantitative estimate of drug-likeness (QED) is 0.752. The zero-order valence-corrected chi connectivity index (χ0v) is 16.7. The Bertz CT molecular complexity index is 865. The molecule has 1 N–H and O–H groups in total. The van der Waals surface area contributed by atoms with E-state index in [0.29, 0.717) is 30.8 Å². The van der Waals surface area contributed by atoms with Crippen molar-refractivity contribution in [3.8, 4) is 0 Å². The molecule has 1 aromatic heterocycles. The molecular weight excluding hydrogens is 372 g/mol. The Kier molecular flexibility index (Phi) is 6.64. The van der Waals surface area contributed by atoms with Gasteiger partial charge in [-0.15, -0.1) is 0 Å². The monoisotopic (exact) mass is 398 g/mol. The van der Waals surface area contributed by atoms with Crippen LogP contribution >= 0.6 is 0 Å². The topological polar surface area (TPSA) is 93.5 Å². The number of hydrogen-bond acceptors (Lipinski definition) is 5. The van der Waals surface area contributed by atoms with E-state index in [0.717, 1.165) is 12.8 Å². The number of nitrogens with zero attached hydrogens (tertiary/aromatic N) is 3. The smallest absolute Gasteiger partial charge is 0.341 e. The van der Waals surface area contributed by atoms with Crippen LogP contribution in [0.15, 0.2) is 42.7 Å². The van der Waals surface area contributed by atoms with E-state index in [1.165, 1.54) is 6.20 Å². The minimum atomic E-state index is -0.630. The number of piperidine rings is 1. The van der Waals surface area contributed by atoms with Gasteiger partial charge in [-0.25, -0.2) is 4.79 Å². The van der Waals surface area contributed by atoms with Crippen molar-refractivity contribution >= 4 is 17.8 Å². The van der Waals surface area contributed by atoms with Gasteiger partial charge in [0, 0.05) is 24.8 Å². The summed E-state index contributed by atoms with van der Waals surface area (Å²) in [5, 5.41) is 7.05. The number of nitrogens with one attached hydrogen (secondary N) is 1. The molecule has 1 aliphatic rings. The molecule has 0 unspecified atom stereocenters. The van der Waals surface area contributed by atoms with Crippen LogP contribution in [-0.2, 0) is 9.53 Å². The summed E-state index contributed by atoms with van der Waals surface area (Å²) in [5.74, 6) is -0.803. The molecule has 8 heteroatoms. The van der Waals surface area contributed by atoms with Gasteiger partial charge in [-0.2, -0.15) is 5.10 Å². The van der Waals surface area contributed by atoms with E-state index < -0.39 is 12.0 Å². The number of ether oxygens (including phenoxy) is 1. The van der Waals surface area contributed by atoms with Gasteiger partial charge in [0.05, 0.1) is 24.4 Å². The summed E-state index contributed by atoms with van der Waals surface area (Å²) >= 11 is 0. The number of benzene rings is 1. The molecule has 2 heterocycles. The van der Waals surface area contributed by atoms with Crippen LogP contribution in [0.5, 0.6) is 0 Å². The molecular formula is C21H26N4O4. The molecule has 1 aromatic carbocycles. The number of likely N-dealkylation sites (tertiary alicyclic amines) is 1. The van der Waals surface area contributed by atoms with Crippen molar-refractivity contribution in [2.45, 2.75) is 38.8 Å². The lowest BCUT2D eigenvalue weighted by Gasteiger charge is -2.34. The maximum Gasteiger partial charge on any atom is 0.341 e. The summed E-state index contributed by atoms with van der Waals surface area (Å²) in [4.78, 5) is 38.7. The maximum atomic E-state index is 12.8. The lowest BCUT2D eigenvalue weighted by Crippen LogP contribution is -2.50. The van der Waals surface area contributed by atoms with Crippen LogP contribution in [0, 0.1) is 0 Å². The number of esters is 1. The Morgan fingerprint density at radius 2 is 2.00 bits per heavy atom. The van der Waals surface area contributed by atoms with Gasteiger partial charge in [0.2, 0.25) is 5.91 Å². The summed E-state index contributed by atoms with van der Waals surface area (Å²) in [5.41, 5.74) is 0.922. The molecule has 0 spiro atoms. The van der Waals surface area contributed by atoms with Gasteiger partial charge in [0.25, 0.3) is 5.91 Å². The van der Waals surface area contributed by atoms with Gasteiger partial charge in [0.1, 0.15) is 6.04 Å². The second-order valence-corrected chi connectivity index (χ2v) is 7.07. The largest absolute Gasteiger partial charge is 0.462 e. The van der Waals surface area contributed by atoms with E-state index >= 15 is 0 Å². The zero-order valence-electron chi connectivity index (χ0n) is 16.7. The van der Waals surface area contributed by atoms with Gasteiger partial charge < -0.3 is 15.0 Å². The lowest BCUT2D eigenvalue weighted by atomic mass is 10.0. The third kappa shape index (κ3) is 5.01. The SMILES string of the molecule is CCOC(=O)c1cnn([C@H]2CCCN(C(=O)[C@@H](C)NC(=O)c3ccccc3)C2)c1. The second-order valence-electron chi connectivity index (χ2n) is 7.07. The number of hydrogen-bond donors (Lipinski definition) is 1. The highest BCUT2D eigenvalue weighted by molar-refractivity contribution is 5.97. The highest BCUT2D eigenvalue weighted by Crippen LogP contribution is 2.22. The third-order valence-corrected chi connectivity index (χ3v) is 4.95. The molecule has 1 aliphatic heterocycles. The van der Waals surface area contributed by atoms with Crippen LogP contribution in [-0.4, -0.2) is 58.2 Å². The molecule has 2 aromatic rings. The predicted octanol–water partition coefficient (Wildman–Crippen LogP) is 2.04. The molecule has 1 saturated heterocycles. The molecule has 0 saturated carbocycles. The Morgan fingerprint density at radius 1 is 1.24 bits per heavy atom. The number of rotatable bonds is 6. The van der Waals surface area contributed by atoms with E-state index in [-0.39, 0.29) is 17.9 Å². The average Bonchev–Trinajstić information content (AvgIpc) is 3.24. The van der Waals surface area contributed by atoms with Gasteiger partial charge >= 0.3 is 5.97 Å². The van der Waals surface area contributed by atoms with E-state index in [2.05, 4.69) is 10.4 Å². The van der Waals surface area contributed by atoms with Crippen molar-refractivity contribution in [2.75, 3.05) is 19.7 Å². The fraction of sp³-hybridized carbons (Fsp3) is 0.429. The van der Waals surface area contributed by atoms with Crippen molar-refractivity contribution in [1.29, 1.82) is 0 Å². The molecule has 1 fully saturated rings. The van der Waals surface area contributed by atoms with Crippen LogP contribution in [0.4, 0.5) is 0 Å². The Morgan fingerprint density at radius 3 is 2.72 bits per heavy atom. The number of carbonyl (C=O) groups excluding carboxylic acids is 3. The van der Waals surface area contributed by atoms with Crippen molar-refractivity contribution in [3.05, 3.63) is 53.9 Å². The zero-order chi connectivity index (χ0) is 20.8. The van der Waals surface area contributed by atoms with Gasteiger partial charge in [-0.3, -0.25) is 14.3 Å². The molecule has 2 amide bonds. The Hall–Kier alpha value is -3.16. The van der Waals surface area contributed by atoms with Gasteiger partial charge in [0.15, 0.2) is 0 Å². The van der Waals surface area contributed by atoms with E-state index in [9.17, 15) is 14.4 Å².